The van der Waals surface area contributed by atoms with Crippen molar-refractivity contribution in [3.8, 4) is 0 Å². The van der Waals surface area contributed by atoms with Gasteiger partial charge in [-0.15, -0.1) is 11.3 Å². The predicted molar refractivity (Wildman–Crippen MR) is 126 cm³/mol. The third-order valence-corrected chi connectivity index (χ3v) is 7.84. The molecule has 2 aromatic carbocycles. The number of carbonyl (C=O) groups excluding carboxylic acids is 1. The molecule has 2 heterocycles. The van der Waals surface area contributed by atoms with E-state index >= 15 is 0 Å². The van der Waals surface area contributed by atoms with Crippen molar-refractivity contribution in [3.63, 3.8) is 0 Å². The van der Waals surface area contributed by atoms with Gasteiger partial charge in [0.05, 0.1) is 11.7 Å². The first kappa shape index (κ1) is 19.4. The zero-order chi connectivity index (χ0) is 21.7. The average molecular weight is 442 g/mol. The molecule has 1 atom stereocenters. The minimum atomic E-state index is -0.0816. The summed E-state index contributed by atoms with van der Waals surface area (Å²) >= 11 is 1.45. The number of benzene rings is 2. The van der Waals surface area contributed by atoms with Gasteiger partial charge in [-0.3, -0.25) is 14.2 Å². The Labute approximate surface area is 189 Å². The van der Waals surface area contributed by atoms with Crippen LogP contribution in [0.15, 0.2) is 71.1 Å². The number of nitrogens with zero attached hydrogens (tertiary/aromatic N) is 2. The van der Waals surface area contributed by atoms with Gasteiger partial charge in [-0.2, -0.15) is 0 Å². The van der Waals surface area contributed by atoms with E-state index < -0.39 is 0 Å². The van der Waals surface area contributed by atoms with Gasteiger partial charge in [-0.25, -0.2) is 4.98 Å². The molecule has 160 valence electrons. The number of amides is 1. The van der Waals surface area contributed by atoms with E-state index in [1.807, 2.05) is 5.38 Å². The summed E-state index contributed by atoms with van der Waals surface area (Å²) in [5.41, 5.74) is 5.61. The van der Waals surface area contributed by atoms with Crippen molar-refractivity contribution in [2.45, 2.75) is 31.2 Å². The van der Waals surface area contributed by atoms with Crippen LogP contribution in [-0.4, -0.2) is 22.0 Å². The van der Waals surface area contributed by atoms with E-state index in [1.54, 1.807) is 12.4 Å². The molecule has 0 saturated carbocycles. The summed E-state index contributed by atoms with van der Waals surface area (Å²) in [6.45, 7) is 0.991. The van der Waals surface area contributed by atoms with Gasteiger partial charge in [0, 0.05) is 31.3 Å². The normalized spacial score (nSPS) is 20.7. The van der Waals surface area contributed by atoms with Gasteiger partial charge < -0.3 is 5.32 Å². The molecule has 3 aliphatic carbocycles. The lowest BCUT2D eigenvalue weighted by atomic mass is 9.59. The Bertz CT molecular complexity index is 1340. The first-order valence-electron chi connectivity index (χ1n) is 11.1. The molecule has 0 saturated heterocycles. The highest BCUT2D eigenvalue weighted by Crippen LogP contribution is 2.55. The van der Waals surface area contributed by atoms with E-state index in [9.17, 15) is 9.59 Å². The molecule has 1 N–H and O–H groups in total. The number of aromatic nitrogens is 2. The molecule has 2 aromatic heterocycles. The summed E-state index contributed by atoms with van der Waals surface area (Å²) in [5, 5.41) is 5.63. The molecule has 0 aliphatic heterocycles. The number of hydrogen-bond acceptors (Lipinski definition) is 4. The van der Waals surface area contributed by atoms with Crippen molar-refractivity contribution in [1.82, 2.24) is 14.9 Å². The number of rotatable bonds is 5. The molecule has 2 bridgehead atoms. The number of thiophene rings is 1. The predicted octanol–water partition coefficient (Wildman–Crippen LogP) is 4.26. The van der Waals surface area contributed by atoms with Gasteiger partial charge >= 0.3 is 0 Å². The number of aryl methyl sites for hydroxylation is 1. The van der Waals surface area contributed by atoms with Crippen LogP contribution in [-0.2, 0) is 11.3 Å². The standard InChI is InChI=1S/C26H23N3O2S/c30-23(9-11-29-15-28-25-21(26(29)31)10-12-32-25)27-14-16-13-22-17-5-1-3-7-19(17)24(16)20-8-4-2-6-18(20)22/h1-8,10,12,15-16,22,24H,9,11,13-14H2,(H,27,30)/t16-,22?,24?/m0/s1. The molecule has 7 rings (SSSR count). The first-order valence-corrected chi connectivity index (χ1v) is 12.0. The van der Waals surface area contributed by atoms with Crippen LogP contribution in [0, 0.1) is 5.92 Å². The van der Waals surface area contributed by atoms with Crippen LogP contribution in [0.4, 0.5) is 0 Å². The Morgan fingerprint density at radius 3 is 2.44 bits per heavy atom. The van der Waals surface area contributed by atoms with Crippen LogP contribution < -0.4 is 10.9 Å². The average Bonchev–Trinajstić information content (AvgIpc) is 3.32. The Balaban J connectivity index is 1.16. The lowest BCUT2D eigenvalue weighted by Crippen LogP contribution is -2.39. The van der Waals surface area contributed by atoms with Crippen molar-refractivity contribution in [3.05, 3.63) is 98.9 Å². The van der Waals surface area contributed by atoms with Crippen molar-refractivity contribution in [1.29, 1.82) is 0 Å². The fourth-order valence-corrected chi connectivity index (χ4v) is 6.29. The minimum Gasteiger partial charge on any atom is -0.356 e. The molecular weight excluding hydrogens is 418 g/mol. The second kappa shape index (κ2) is 7.71. The molecular formula is C26H23N3O2S. The minimum absolute atomic E-state index is 0.0228. The Hall–Kier alpha value is -3.25. The maximum absolute atomic E-state index is 12.6. The van der Waals surface area contributed by atoms with Crippen LogP contribution >= 0.6 is 11.3 Å². The molecule has 1 amide bonds. The number of hydrogen-bond donors (Lipinski definition) is 1. The van der Waals surface area contributed by atoms with E-state index in [0.29, 0.717) is 36.2 Å². The zero-order valence-electron chi connectivity index (χ0n) is 17.5. The Kier molecular flexibility index (Phi) is 4.68. The molecule has 0 spiro atoms. The molecule has 5 nitrogen and oxygen atoms in total. The number of fused-ring (bicyclic) bond motifs is 2. The number of nitrogens with one attached hydrogen (secondary N) is 1. The maximum Gasteiger partial charge on any atom is 0.262 e. The molecule has 3 aliphatic rings. The van der Waals surface area contributed by atoms with Crippen molar-refractivity contribution >= 4 is 27.5 Å². The lowest BCUT2D eigenvalue weighted by Gasteiger charge is -2.45. The largest absolute Gasteiger partial charge is 0.356 e. The molecule has 6 heteroatoms. The van der Waals surface area contributed by atoms with E-state index in [1.165, 1.54) is 38.2 Å². The quantitative estimate of drug-likeness (QED) is 0.503. The highest BCUT2D eigenvalue weighted by atomic mass is 32.1. The number of carbonyl (C=O) groups is 1. The monoisotopic (exact) mass is 441 g/mol. The fourth-order valence-electron chi connectivity index (χ4n) is 5.57. The summed E-state index contributed by atoms with van der Waals surface area (Å²) in [5.74, 6) is 1.07. The van der Waals surface area contributed by atoms with Crippen molar-refractivity contribution in [2.24, 2.45) is 5.92 Å². The molecule has 0 unspecified atom stereocenters. The molecule has 4 aromatic rings. The third kappa shape index (κ3) is 3.09. The van der Waals surface area contributed by atoms with Crippen LogP contribution in [0.5, 0.6) is 0 Å². The second-order valence-electron chi connectivity index (χ2n) is 8.72. The van der Waals surface area contributed by atoms with Crippen molar-refractivity contribution in [2.75, 3.05) is 6.54 Å². The summed E-state index contributed by atoms with van der Waals surface area (Å²) in [7, 11) is 0. The smallest absolute Gasteiger partial charge is 0.262 e. The van der Waals surface area contributed by atoms with Gasteiger partial charge in [-0.1, -0.05) is 48.5 Å². The van der Waals surface area contributed by atoms with Gasteiger partial charge in [0.25, 0.3) is 5.56 Å². The molecule has 0 fully saturated rings. The maximum atomic E-state index is 12.6. The van der Waals surface area contributed by atoms with Gasteiger partial charge in [0.2, 0.25) is 5.91 Å². The Morgan fingerprint density at radius 2 is 1.72 bits per heavy atom. The summed E-state index contributed by atoms with van der Waals surface area (Å²) in [6, 6.07) is 19.3. The van der Waals surface area contributed by atoms with E-state index in [2.05, 4.69) is 58.8 Å². The highest BCUT2D eigenvalue weighted by molar-refractivity contribution is 7.16. The summed E-state index contributed by atoms with van der Waals surface area (Å²) < 4.78 is 1.53. The van der Waals surface area contributed by atoms with Gasteiger partial charge in [0.15, 0.2) is 0 Å². The Morgan fingerprint density at radius 1 is 1.03 bits per heavy atom. The first-order chi connectivity index (χ1) is 15.7. The van der Waals surface area contributed by atoms with Crippen LogP contribution in [0.25, 0.3) is 10.2 Å². The van der Waals surface area contributed by atoms with E-state index in [-0.39, 0.29) is 17.9 Å². The zero-order valence-corrected chi connectivity index (χ0v) is 18.3. The van der Waals surface area contributed by atoms with Gasteiger partial charge in [-0.05, 0) is 46.0 Å². The molecule has 0 radical (unpaired) electrons. The summed E-state index contributed by atoms with van der Waals surface area (Å²) in [4.78, 5) is 30.2. The third-order valence-electron chi connectivity index (χ3n) is 7.01. The molecule has 32 heavy (non-hydrogen) atoms. The van der Waals surface area contributed by atoms with Crippen LogP contribution in [0.3, 0.4) is 0 Å². The van der Waals surface area contributed by atoms with E-state index in [4.69, 9.17) is 0 Å². The SMILES string of the molecule is O=C(CCn1cnc2sccc2c1=O)NC[C@@H]1CC2c3ccccc3C1c1ccccc12. The van der Waals surface area contributed by atoms with Crippen LogP contribution in [0.1, 0.15) is 46.9 Å². The summed E-state index contributed by atoms with van der Waals surface area (Å²) in [6.07, 6.45) is 2.87. The van der Waals surface area contributed by atoms with Gasteiger partial charge in [0.1, 0.15) is 4.83 Å². The van der Waals surface area contributed by atoms with Crippen molar-refractivity contribution < 1.29 is 4.79 Å². The highest BCUT2D eigenvalue weighted by Gasteiger charge is 2.42. The topological polar surface area (TPSA) is 64.0 Å². The van der Waals surface area contributed by atoms with Crippen LogP contribution in [0.2, 0.25) is 0 Å². The lowest BCUT2D eigenvalue weighted by molar-refractivity contribution is -0.121. The fraction of sp³-hybridized carbons (Fsp3) is 0.269. The second-order valence-corrected chi connectivity index (χ2v) is 9.62. The van der Waals surface area contributed by atoms with E-state index in [0.717, 1.165) is 11.3 Å².